The average molecular weight is 440 g/mol. The van der Waals surface area contributed by atoms with Crippen molar-refractivity contribution in [3.8, 4) is 0 Å². The monoisotopic (exact) mass is 439 g/mol. The first-order valence-electron chi connectivity index (χ1n) is 10.6. The van der Waals surface area contributed by atoms with E-state index in [1.54, 1.807) is 18.2 Å². The first kappa shape index (κ1) is 23.8. The predicted octanol–water partition coefficient (Wildman–Crippen LogP) is 5.41. The van der Waals surface area contributed by atoms with Gasteiger partial charge in [0, 0.05) is 19.5 Å². The molecule has 0 atom stereocenters. The van der Waals surface area contributed by atoms with Crippen LogP contribution >= 0.6 is 11.3 Å². The van der Waals surface area contributed by atoms with E-state index in [4.69, 9.17) is 0 Å². The summed E-state index contributed by atoms with van der Waals surface area (Å²) in [7, 11) is -3.53. The van der Waals surface area contributed by atoms with Gasteiger partial charge in [-0.1, -0.05) is 57.8 Å². The summed E-state index contributed by atoms with van der Waals surface area (Å²) in [5.74, 6) is -0.0366. The highest BCUT2D eigenvalue weighted by Gasteiger charge is 2.23. The molecular formula is C21H33N3O3S2. The number of thiazole rings is 1. The van der Waals surface area contributed by atoms with E-state index in [1.807, 2.05) is 13.8 Å². The van der Waals surface area contributed by atoms with Gasteiger partial charge in [0.05, 0.1) is 15.1 Å². The highest BCUT2D eigenvalue weighted by molar-refractivity contribution is 7.89. The highest BCUT2D eigenvalue weighted by Crippen LogP contribution is 2.29. The van der Waals surface area contributed by atoms with Crippen LogP contribution in [0, 0.1) is 0 Å². The molecule has 162 valence electrons. The van der Waals surface area contributed by atoms with E-state index in [0.29, 0.717) is 30.2 Å². The molecule has 1 aromatic heterocycles. The van der Waals surface area contributed by atoms with Crippen LogP contribution in [0.3, 0.4) is 0 Å². The zero-order chi connectivity index (χ0) is 21.3. The van der Waals surface area contributed by atoms with Crippen LogP contribution in [0.1, 0.15) is 72.1 Å². The number of rotatable bonds is 13. The van der Waals surface area contributed by atoms with Crippen molar-refractivity contribution in [1.29, 1.82) is 0 Å². The third-order valence-electron chi connectivity index (χ3n) is 4.70. The Balaban J connectivity index is 2.08. The lowest BCUT2D eigenvalue weighted by Crippen LogP contribution is -2.32. The Kier molecular flexibility index (Phi) is 9.52. The number of aromatic nitrogens is 1. The van der Waals surface area contributed by atoms with E-state index in [0.717, 1.165) is 36.8 Å². The van der Waals surface area contributed by atoms with Gasteiger partial charge in [-0.2, -0.15) is 4.31 Å². The van der Waals surface area contributed by atoms with Gasteiger partial charge in [0.1, 0.15) is 0 Å². The molecule has 8 heteroatoms. The Morgan fingerprint density at radius 1 is 1.03 bits per heavy atom. The second-order valence-electron chi connectivity index (χ2n) is 7.27. The molecule has 1 heterocycles. The van der Waals surface area contributed by atoms with Crippen molar-refractivity contribution in [2.24, 2.45) is 0 Å². The van der Waals surface area contributed by atoms with Crippen LogP contribution in [0.25, 0.3) is 10.2 Å². The molecule has 0 saturated carbocycles. The fourth-order valence-electron chi connectivity index (χ4n) is 3.19. The molecule has 0 aliphatic carbocycles. The number of nitrogens with one attached hydrogen (secondary N) is 1. The van der Waals surface area contributed by atoms with E-state index in [1.165, 1.54) is 28.5 Å². The Morgan fingerprint density at radius 3 is 2.38 bits per heavy atom. The summed E-state index contributed by atoms with van der Waals surface area (Å²) in [5, 5.41) is 3.37. The Morgan fingerprint density at radius 2 is 1.72 bits per heavy atom. The lowest BCUT2D eigenvalue weighted by atomic mass is 10.1. The maximum atomic E-state index is 13.0. The minimum atomic E-state index is -3.53. The largest absolute Gasteiger partial charge is 0.302 e. The average Bonchev–Trinajstić information content (AvgIpc) is 3.08. The number of hydrogen-bond acceptors (Lipinski definition) is 5. The first-order valence-corrected chi connectivity index (χ1v) is 12.9. The number of carbonyl (C=O) groups excluding carboxylic acids is 1. The molecule has 2 rings (SSSR count). The van der Waals surface area contributed by atoms with Crippen molar-refractivity contribution in [1.82, 2.24) is 9.29 Å². The van der Waals surface area contributed by atoms with Crippen molar-refractivity contribution in [3.05, 3.63) is 18.2 Å². The second kappa shape index (κ2) is 11.6. The first-order chi connectivity index (χ1) is 13.9. The van der Waals surface area contributed by atoms with Gasteiger partial charge in [0.2, 0.25) is 15.9 Å². The van der Waals surface area contributed by atoms with Crippen LogP contribution in [0.15, 0.2) is 23.1 Å². The second-order valence-corrected chi connectivity index (χ2v) is 10.2. The van der Waals surface area contributed by atoms with Crippen molar-refractivity contribution in [2.75, 3.05) is 18.4 Å². The zero-order valence-electron chi connectivity index (χ0n) is 17.7. The summed E-state index contributed by atoms with van der Waals surface area (Å²) in [6.07, 6.45) is 7.53. The minimum Gasteiger partial charge on any atom is -0.302 e. The number of nitrogens with zero attached hydrogens (tertiary/aromatic N) is 2. The van der Waals surface area contributed by atoms with Gasteiger partial charge >= 0.3 is 0 Å². The molecule has 2 aromatic rings. The third kappa shape index (κ3) is 6.76. The normalized spacial score (nSPS) is 12.0. The zero-order valence-corrected chi connectivity index (χ0v) is 19.4. The van der Waals surface area contributed by atoms with Gasteiger partial charge < -0.3 is 5.32 Å². The molecule has 0 saturated heterocycles. The molecule has 0 aliphatic rings. The number of fused-ring (bicyclic) bond motifs is 1. The molecule has 6 nitrogen and oxygen atoms in total. The maximum absolute atomic E-state index is 13.0. The van der Waals surface area contributed by atoms with Crippen LogP contribution in [-0.4, -0.2) is 36.7 Å². The summed E-state index contributed by atoms with van der Waals surface area (Å²) in [4.78, 5) is 16.8. The van der Waals surface area contributed by atoms with Crippen molar-refractivity contribution in [3.63, 3.8) is 0 Å². The molecule has 0 fully saturated rings. The van der Waals surface area contributed by atoms with Crippen LogP contribution in [0.2, 0.25) is 0 Å². The molecule has 0 bridgehead atoms. The van der Waals surface area contributed by atoms with Gasteiger partial charge in [0.15, 0.2) is 5.13 Å². The van der Waals surface area contributed by atoms with Crippen molar-refractivity contribution in [2.45, 2.75) is 77.0 Å². The Labute approximate surface area is 178 Å². The van der Waals surface area contributed by atoms with E-state index in [-0.39, 0.29) is 10.8 Å². The molecule has 1 amide bonds. The van der Waals surface area contributed by atoms with Crippen LogP contribution in [0.5, 0.6) is 0 Å². The predicted molar refractivity (Wildman–Crippen MR) is 121 cm³/mol. The lowest BCUT2D eigenvalue weighted by Gasteiger charge is -2.20. The number of benzene rings is 1. The topological polar surface area (TPSA) is 79.4 Å². The lowest BCUT2D eigenvalue weighted by molar-refractivity contribution is -0.116. The quantitative estimate of drug-likeness (QED) is 0.423. The summed E-state index contributed by atoms with van der Waals surface area (Å²) < 4.78 is 28.2. The number of hydrogen-bond donors (Lipinski definition) is 1. The number of amides is 1. The number of anilines is 1. The van der Waals surface area contributed by atoms with Crippen LogP contribution < -0.4 is 5.32 Å². The van der Waals surface area contributed by atoms with E-state index in [9.17, 15) is 13.2 Å². The summed E-state index contributed by atoms with van der Waals surface area (Å²) in [5.41, 5.74) is 0.699. The van der Waals surface area contributed by atoms with Crippen LogP contribution in [0.4, 0.5) is 5.13 Å². The SMILES string of the molecule is CCCCCCCC(=O)Nc1nc2ccc(S(=O)(=O)N(CCC)CCC)cc2s1. The smallest absolute Gasteiger partial charge is 0.243 e. The molecule has 0 spiro atoms. The fourth-order valence-corrected chi connectivity index (χ4v) is 5.84. The molecule has 0 radical (unpaired) electrons. The summed E-state index contributed by atoms with van der Waals surface area (Å²) in [6.45, 7) is 7.14. The molecule has 29 heavy (non-hydrogen) atoms. The third-order valence-corrected chi connectivity index (χ3v) is 7.53. The van der Waals surface area contributed by atoms with Crippen molar-refractivity contribution < 1.29 is 13.2 Å². The van der Waals surface area contributed by atoms with E-state index >= 15 is 0 Å². The van der Waals surface area contributed by atoms with Gasteiger partial charge in [-0.3, -0.25) is 4.79 Å². The van der Waals surface area contributed by atoms with Gasteiger partial charge in [-0.25, -0.2) is 13.4 Å². The summed E-state index contributed by atoms with van der Waals surface area (Å²) >= 11 is 1.32. The molecule has 1 aromatic carbocycles. The number of sulfonamides is 1. The highest BCUT2D eigenvalue weighted by atomic mass is 32.2. The molecule has 0 unspecified atom stereocenters. The number of carbonyl (C=O) groups is 1. The van der Waals surface area contributed by atoms with E-state index in [2.05, 4.69) is 17.2 Å². The standard InChI is InChI=1S/C21H33N3O3S2/c1-4-7-8-9-10-11-20(25)23-21-22-18-13-12-17(16-19(18)28-21)29(26,27)24(14-5-2)15-6-3/h12-13,16H,4-11,14-15H2,1-3H3,(H,22,23,25). The summed E-state index contributed by atoms with van der Waals surface area (Å²) in [6, 6.07) is 4.99. The fraction of sp³-hybridized carbons (Fsp3) is 0.619. The molecule has 1 N–H and O–H groups in total. The Hall–Kier alpha value is -1.51. The number of unbranched alkanes of at least 4 members (excludes halogenated alkanes) is 4. The van der Waals surface area contributed by atoms with Crippen molar-refractivity contribution >= 4 is 42.6 Å². The van der Waals surface area contributed by atoms with E-state index < -0.39 is 10.0 Å². The molecular weight excluding hydrogens is 406 g/mol. The van der Waals surface area contributed by atoms with Gasteiger partial charge in [0.25, 0.3) is 0 Å². The minimum absolute atomic E-state index is 0.0366. The maximum Gasteiger partial charge on any atom is 0.243 e. The Bertz CT molecular complexity index is 888. The van der Waals surface area contributed by atoms with Crippen LogP contribution in [-0.2, 0) is 14.8 Å². The molecule has 0 aliphatic heterocycles. The van der Waals surface area contributed by atoms with Gasteiger partial charge in [-0.15, -0.1) is 0 Å². The van der Waals surface area contributed by atoms with Gasteiger partial charge in [-0.05, 0) is 37.5 Å².